The second-order valence-electron chi connectivity index (χ2n) is 3.52. The Morgan fingerprint density at radius 3 is 3.06 bits per heavy atom. The van der Waals surface area contributed by atoms with Gasteiger partial charge in [0, 0.05) is 17.4 Å². The smallest absolute Gasteiger partial charge is 0.224 e. The minimum absolute atomic E-state index is 0.134. The van der Waals surface area contributed by atoms with Gasteiger partial charge in [-0.1, -0.05) is 6.07 Å². The molecule has 0 aliphatic rings. The first-order chi connectivity index (χ1) is 8.24. The van der Waals surface area contributed by atoms with Crippen LogP contribution in [0.15, 0.2) is 36.0 Å². The summed E-state index contributed by atoms with van der Waals surface area (Å²) in [6.07, 6.45) is 3.61. The number of carbonyl (C=O) groups is 1. The average Bonchev–Trinajstić information content (AvgIpc) is 2.79. The van der Waals surface area contributed by atoms with Crippen molar-refractivity contribution in [1.29, 1.82) is 0 Å². The Bertz CT molecular complexity index is 499. The molecule has 88 valence electrons. The van der Waals surface area contributed by atoms with E-state index in [0.717, 1.165) is 11.1 Å². The molecule has 1 N–H and O–H groups in total. The van der Waals surface area contributed by atoms with E-state index in [1.54, 1.807) is 11.3 Å². The van der Waals surface area contributed by atoms with Crippen LogP contribution in [-0.4, -0.2) is 10.9 Å². The number of hydrogen-bond donors (Lipinski definition) is 1. The van der Waals surface area contributed by atoms with E-state index in [-0.39, 0.29) is 5.91 Å². The molecule has 0 radical (unpaired) electrons. The van der Waals surface area contributed by atoms with Gasteiger partial charge in [0.05, 0.1) is 18.1 Å². The standard InChI is InChI=1S/C12H11FN2OS/c13-9-6-10(8-14-7-9)15-12(16)4-3-11-2-1-5-17-11/h1-2,5-8H,3-4H2,(H,15,16). The van der Waals surface area contributed by atoms with E-state index in [1.807, 2.05) is 17.5 Å². The molecule has 0 fully saturated rings. The van der Waals surface area contributed by atoms with Crippen LogP contribution in [0.1, 0.15) is 11.3 Å². The Hall–Kier alpha value is -1.75. The number of halogens is 1. The third kappa shape index (κ3) is 3.64. The van der Waals surface area contributed by atoms with Gasteiger partial charge in [0.15, 0.2) is 0 Å². The zero-order valence-corrected chi connectivity index (χ0v) is 9.84. The third-order valence-corrected chi connectivity index (χ3v) is 3.10. The molecule has 0 aliphatic carbocycles. The zero-order valence-electron chi connectivity index (χ0n) is 9.02. The monoisotopic (exact) mass is 250 g/mol. The summed E-state index contributed by atoms with van der Waals surface area (Å²) in [5.74, 6) is -0.591. The molecule has 0 unspecified atom stereocenters. The molecule has 2 rings (SSSR count). The topological polar surface area (TPSA) is 42.0 Å². The summed E-state index contributed by atoms with van der Waals surface area (Å²) in [5.41, 5.74) is 0.390. The fraction of sp³-hybridized carbons (Fsp3) is 0.167. The van der Waals surface area contributed by atoms with Crippen LogP contribution in [0.3, 0.4) is 0 Å². The molecule has 17 heavy (non-hydrogen) atoms. The molecule has 0 aliphatic heterocycles. The number of rotatable bonds is 4. The number of pyridine rings is 1. The van der Waals surface area contributed by atoms with E-state index in [2.05, 4.69) is 10.3 Å². The first kappa shape index (κ1) is 11.7. The number of hydrogen-bond acceptors (Lipinski definition) is 3. The van der Waals surface area contributed by atoms with Crippen LogP contribution in [0.5, 0.6) is 0 Å². The van der Waals surface area contributed by atoms with Crippen molar-refractivity contribution in [1.82, 2.24) is 4.98 Å². The van der Waals surface area contributed by atoms with Gasteiger partial charge in [0.1, 0.15) is 5.82 Å². The Balaban J connectivity index is 1.85. The SMILES string of the molecule is O=C(CCc1cccs1)Nc1cncc(F)c1. The van der Waals surface area contributed by atoms with Crippen molar-refractivity contribution < 1.29 is 9.18 Å². The Labute approximate surface area is 102 Å². The van der Waals surface area contributed by atoms with Crippen molar-refractivity contribution in [3.63, 3.8) is 0 Å². The van der Waals surface area contributed by atoms with Crippen LogP contribution in [0.25, 0.3) is 0 Å². The van der Waals surface area contributed by atoms with Crippen LogP contribution >= 0.6 is 11.3 Å². The normalized spacial score (nSPS) is 10.2. The molecule has 2 heterocycles. The van der Waals surface area contributed by atoms with Gasteiger partial charge in [0.25, 0.3) is 0 Å². The predicted molar refractivity (Wildman–Crippen MR) is 65.5 cm³/mol. The Kier molecular flexibility index (Phi) is 3.82. The molecule has 3 nitrogen and oxygen atoms in total. The number of anilines is 1. The van der Waals surface area contributed by atoms with E-state index in [1.165, 1.54) is 12.3 Å². The molecule has 0 saturated carbocycles. The minimum Gasteiger partial charge on any atom is -0.325 e. The first-order valence-corrected chi connectivity index (χ1v) is 6.05. The van der Waals surface area contributed by atoms with Gasteiger partial charge in [-0.2, -0.15) is 0 Å². The molecule has 0 bridgehead atoms. The second-order valence-corrected chi connectivity index (χ2v) is 4.55. The predicted octanol–water partition coefficient (Wildman–Crippen LogP) is 2.85. The number of nitrogens with one attached hydrogen (secondary N) is 1. The summed E-state index contributed by atoms with van der Waals surface area (Å²) in [6.45, 7) is 0. The molecular weight excluding hydrogens is 239 g/mol. The van der Waals surface area contributed by atoms with Gasteiger partial charge >= 0.3 is 0 Å². The highest BCUT2D eigenvalue weighted by atomic mass is 32.1. The van der Waals surface area contributed by atoms with E-state index < -0.39 is 5.82 Å². The van der Waals surface area contributed by atoms with Gasteiger partial charge in [-0.15, -0.1) is 11.3 Å². The molecule has 2 aromatic heterocycles. The highest BCUT2D eigenvalue weighted by Gasteiger charge is 2.04. The summed E-state index contributed by atoms with van der Waals surface area (Å²) in [7, 11) is 0. The van der Waals surface area contributed by atoms with Crippen LogP contribution in [-0.2, 0) is 11.2 Å². The summed E-state index contributed by atoms with van der Waals surface area (Å²) < 4.78 is 12.8. The maximum absolute atomic E-state index is 12.8. The lowest BCUT2D eigenvalue weighted by atomic mass is 10.2. The molecular formula is C12H11FN2OS. The lowest BCUT2D eigenvalue weighted by molar-refractivity contribution is -0.116. The first-order valence-electron chi connectivity index (χ1n) is 5.17. The number of carbonyl (C=O) groups excluding carboxylic acids is 1. The highest BCUT2D eigenvalue weighted by molar-refractivity contribution is 7.09. The van der Waals surface area contributed by atoms with Crippen LogP contribution < -0.4 is 5.32 Å². The largest absolute Gasteiger partial charge is 0.325 e. The lowest BCUT2D eigenvalue weighted by Crippen LogP contribution is -2.12. The molecule has 0 saturated heterocycles. The lowest BCUT2D eigenvalue weighted by Gasteiger charge is -2.03. The van der Waals surface area contributed by atoms with Crippen molar-refractivity contribution in [2.45, 2.75) is 12.8 Å². The van der Waals surface area contributed by atoms with E-state index >= 15 is 0 Å². The number of aryl methyl sites for hydroxylation is 1. The van der Waals surface area contributed by atoms with Crippen molar-refractivity contribution in [2.75, 3.05) is 5.32 Å². The van der Waals surface area contributed by atoms with Gasteiger partial charge < -0.3 is 5.32 Å². The van der Waals surface area contributed by atoms with Gasteiger partial charge in [-0.3, -0.25) is 9.78 Å². The quantitative estimate of drug-likeness (QED) is 0.906. The summed E-state index contributed by atoms with van der Waals surface area (Å²) in [4.78, 5) is 16.4. The van der Waals surface area contributed by atoms with Gasteiger partial charge in [-0.05, 0) is 17.9 Å². The summed E-state index contributed by atoms with van der Waals surface area (Å²) >= 11 is 1.62. The molecule has 5 heteroatoms. The van der Waals surface area contributed by atoms with Crippen molar-refractivity contribution >= 4 is 22.9 Å². The van der Waals surface area contributed by atoms with Crippen molar-refractivity contribution in [2.24, 2.45) is 0 Å². The maximum atomic E-state index is 12.8. The molecule has 1 amide bonds. The number of thiophene rings is 1. The third-order valence-electron chi connectivity index (χ3n) is 2.17. The second kappa shape index (κ2) is 5.54. The molecule has 0 spiro atoms. The van der Waals surface area contributed by atoms with Crippen molar-refractivity contribution in [3.8, 4) is 0 Å². The average molecular weight is 250 g/mol. The highest BCUT2D eigenvalue weighted by Crippen LogP contribution is 2.12. The number of nitrogens with zero attached hydrogens (tertiary/aromatic N) is 1. The van der Waals surface area contributed by atoms with Crippen LogP contribution in [0.2, 0.25) is 0 Å². The van der Waals surface area contributed by atoms with Crippen molar-refractivity contribution in [3.05, 3.63) is 46.7 Å². The van der Waals surface area contributed by atoms with Crippen LogP contribution in [0, 0.1) is 5.82 Å². The molecule has 0 aromatic carbocycles. The zero-order chi connectivity index (χ0) is 12.1. The molecule has 0 atom stereocenters. The maximum Gasteiger partial charge on any atom is 0.224 e. The number of aromatic nitrogens is 1. The fourth-order valence-electron chi connectivity index (χ4n) is 1.40. The van der Waals surface area contributed by atoms with E-state index in [0.29, 0.717) is 18.5 Å². The van der Waals surface area contributed by atoms with Gasteiger partial charge in [0.2, 0.25) is 5.91 Å². The Morgan fingerprint density at radius 2 is 2.35 bits per heavy atom. The summed E-state index contributed by atoms with van der Waals surface area (Å²) in [5, 5.41) is 4.58. The van der Waals surface area contributed by atoms with E-state index in [9.17, 15) is 9.18 Å². The van der Waals surface area contributed by atoms with Crippen LogP contribution in [0.4, 0.5) is 10.1 Å². The molecule has 2 aromatic rings. The summed E-state index contributed by atoms with van der Waals surface area (Å²) in [6, 6.07) is 5.19. The van der Waals surface area contributed by atoms with E-state index in [4.69, 9.17) is 0 Å². The number of amides is 1. The minimum atomic E-state index is -0.457. The fourth-order valence-corrected chi connectivity index (χ4v) is 2.10. The Morgan fingerprint density at radius 1 is 1.47 bits per heavy atom. The van der Waals surface area contributed by atoms with Gasteiger partial charge in [-0.25, -0.2) is 4.39 Å².